The number of hydrogen-bond acceptors (Lipinski definition) is 1. The van der Waals surface area contributed by atoms with Crippen LogP contribution in [0.3, 0.4) is 0 Å². The summed E-state index contributed by atoms with van der Waals surface area (Å²) in [4.78, 5) is 4.19. The molecule has 56 valence electrons. The summed E-state index contributed by atoms with van der Waals surface area (Å²) in [5.74, 6) is 0. The van der Waals surface area contributed by atoms with Gasteiger partial charge in [-0.15, -0.1) is 0 Å². The highest BCUT2D eigenvalue weighted by Gasteiger charge is 1.84. The molecule has 0 saturated heterocycles. The molecule has 10 heavy (non-hydrogen) atoms. The zero-order valence-electron chi connectivity index (χ0n) is 6.39. The van der Waals surface area contributed by atoms with Crippen LogP contribution in [0, 0.1) is 0 Å². The number of allylic oxidation sites excluding steroid dienone is 3. The Morgan fingerprint density at radius 2 is 2.30 bits per heavy atom. The molecule has 0 bridgehead atoms. The van der Waals surface area contributed by atoms with Gasteiger partial charge in [0.15, 0.2) is 0 Å². The van der Waals surface area contributed by atoms with E-state index in [4.69, 9.17) is 0 Å². The molecule has 0 aromatic carbocycles. The molecule has 0 aliphatic rings. The number of aliphatic imine (C=N–C) groups is 1. The van der Waals surface area contributed by atoms with Crippen molar-refractivity contribution in [2.24, 2.45) is 4.99 Å². The van der Waals surface area contributed by atoms with Gasteiger partial charge in [0.2, 0.25) is 0 Å². The van der Waals surface area contributed by atoms with Crippen molar-refractivity contribution in [3.05, 3.63) is 21.9 Å². The highest BCUT2D eigenvalue weighted by molar-refractivity contribution is 14.1. The van der Waals surface area contributed by atoms with Crippen molar-refractivity contribution in [1.29, 1.82) is 0 Å². The average Bonchev–Trinajstić information content (AvgIpc) is 1.90. The molecule has 2 heteroatoms. The quantitative estimate of drug-likeness (QED) is 0.537. The van der Waals surface area contributed by atoms with E-state index < -0.39 is 0 Å². The molecule has 0 amide bonds. The summed E-state index contributed by atoms with van der Waals surface area (Å²) in [5, 5.41) is 0. The van der Waals surface area contributed by atoms with Crippen molar-refractivity contribution in [1.82, 2.24) is 0 Å². The summed E-state index contributed by atoms with van der Waals surface area (Å²) in [6.45, 7) is 7.78. The lowest BCUT2D eigenvalue weighted by molar-refractivity contribution is 1.06. The molecule has 0 N–H and O–H groups in total. The lowest BCUT2D eigenvalue weighted by Gasteiger charge is -1.92. The fourth-order valence-electron chi connectivity index (χ4n) is 0.523. The van der Waals surface area contributed by atoms with E-state index in [1.165, 1.54) is 0 Å². The predicted octanol–water partition coefficient (Wildman–Crippen LogP) is 3.32. The van der Waals surface area contributed by atoms with E-state index in [1.54, 1.807) is 6.21 Å². The number of nitrogens with zero attached hydrogens (tertiary/aromatic N) is 1. The Morgan fingerprint density at radius 3 is 2.60 bits per heavy atom. The second kappa shape index (κ2) is 5.65. The summed E-state index contributed by atoms with van der Waals surface area (Å²) in [6, 6.07) is 0. The van der Waals surface area contributed by atoms with Crippen LogP contribution in [0.4, 0.5) is 0 Å². The lowest BCUT2D eigenvalue weighted by Crippen LogP contribution is -1.76. The van der Waals surface area contributed by atoms with Crippen LogP contribution in [-0.2, 0) is 0 Å². The molecular formula is C8H12IN. The molecular weight excluding hydrogens is 237 g/mol. The molecule has 0 atom stereocenters. The molecule has 0 aromatic heterocycles. The van der Waals surface area contributed by atoms with Crippen LogP contribution in [0.15, 0.2) is 26.9 Å². The molecule has 0 spiro atoms. The van der Waals surface area contributed by atoms with Gasteiger partial charge < -0.3 is 0 Å². The highest BCUT2D eigenvalue weighted by atomic mass is 127. The second-order valence-electron chi connectivity index (χ2n) is 1.84. The van der Waals surface area contributed by atoms with Crippen molar-refractivity contribution in [3.8, 4) is 0 Å². The Balaban J connectivity index is 3.98. The first-order valence-corrected chi connectivity index (χ1v) is 4.32. The molecule has 0 unspecified atom stereocenters. The summed E-state index contributed by atoms with van der Waals surface area (Å²) in [5.41, 5.74) is 1.11. The van der Waals surface area contributed by atoms with Crippen LogP contribution >= 0.6 is 22.6 Å². The van der Waals surface area contributed by atoms with Gasteiger partial charge in [-0.05, 0) is 35.9 Å². The minimum absolute atomic E-state index is 0.963. The maximum atomic E-state index is 4.19. The van der Waals surface area contributed by atoms with E-state index >= 15 is 0 Å². The van der Waals surface area contributed by atoms with Gasteiger partial charge in [0.05, 0.1) is 0 Å². The van der Waals surface area contributed by atoms with Gasteiger partial charge >= 0.3 is 0 Å². The molecule has 0 saturated carbocycles. The van der Waals surface area contributed by atoms with Gasteiger partial charge in [-0.25, -0.2) is 0 Å². The first kappa shape index (κ1) is 9.88. The van der Waals surface area contributed by atoms with Crippen LogP contribution in [0.1, 0.15) is 20.3 Å². The van der Waals surface area contributed by atoms with Crippen LogP contribution in [-0.4, -0.2) is 6.21 Å². The Morgan fingerprint density at radius 1 is 1.70 bits per heavy atom. The molecule has 1 nitrogen and oxygen atoms in total. The van der Waals surface area contributed by atoms with Gasteiger partial charge in [0.25, 0.3) is 0 Å². The lowest BCUT2D eigenvalue weighted by atomic mass is 10.3. The summed E-state index contributed by atoms with van der Waals surface area (Å²) < 4.78 is 0.963. The van der Waals surface area contributed by atoms with Crippen molar-refractivity contribution >= 4 is 28.8 Å². The highest BCUT2D eigenvalue weighted by Crippen LogP contribution is 2.03. The van der Waals surface area contributed by atoms with E-state index in [-0.39, 0.29) is 0 Å². The van der Waals surface area contributed by atoms with Gasteiger partial charge in [0, 0.05) is 15.5 Å². The van der Waals surface area contributed by atoms with Gasteiger partial charge in [-0.1, -0.05) is 19.6 Å². The van der Waals surface area contributed by atoms with E-state index in [1.807, 2.05) is 13.0 Å². The minimum atomic E-state index is 0.963. The van der Waals surface area contributed by atoms with E-state index in [9.17, 15) is 0 Å². The van der Waals surface area contributed by atoms with Crippen molar-refractivity contribution in [2.45, 2.75) is 20.3 Å². The standard InChI is InChI=1S/C8H12IN/c1-4-8(5-2)10-6-7(3)9/h4,6H,3,5H2,1-2H3/b8-4-,10-6-. The summed E-state index contributed by atoms with van der Waals surface area (Å²) in [6.07, 6.45) is 4.77. The Bertz CT molecular complexity index is 168. The van der Waals surface area contributed by atoms with Gasteiger partial charge in [-0.3, -0.25) is 4.99 Å². The van der Waals surface area contributed by atoms with Crippen molar-refractivity contribution in [2.75, 3.05) is 0 Å². The van der Waals surface area contributed by atoms with Crippen LogP contribution in [0.25, 0.3) is 0 Å². The largest absolute Gasteiger partial charge is 0.261 e. The maximum Gasteiger partial charge on any atom is 0.0398 e. The number of hydrogen-bond donors (Lipinski definition) is 0. The molecule has 0 aliphatic carbocycles. The van der Waals surface area contributed by atoms with E-state index in [0.717, 1.165) is 15.7 Å². The van der Waals surface area contributed by atoms with Gasteiger partial charge in [0.1, 0.15) is 0 Å². The molecule has 0 heterocycles. The predicted molar refractivity (Wildman–Crippen MR) is 55.7 cm³/mol. The molecule has 0 rings (SSSR count). The zero-order chi connectivity index (χ0) is 7.98. The maximum absolute atomic E-state index is 4.19. The third kappa shape index (κ3) is 4.73. The fourth-order valence-corrected chi connectivity index (χ4v) is 0.662. The molecule has 0 fully saturated rings. The van der Waals surface area contributed by atoms with E-state index in [2.05, 4.69) is 41.1 Å². The number of halogens is 1. The Hall–Kier alpha value is -0.120. The third-order valence-electron chi connectivity index (χ3n) is 1.07. The fraction of sp³-hybridized carbons (Fsp3) is 0.375. The zero-order valence-corrected chi connectivity index (χ0v) is 8.55. The third-order valence-corrected chi connectivity index (χ3v) is 1.34. The second-order valence-corrected chi connectivity index (χ2v) is 3.22. The van der Waals surface area contributed by atoms with Crippen LogP contribution in [0.5, 0.6) is 0 Å². The smallest absolute Gasteiger partial charge is 0.0398 e. The monoisotopic (exact) mass is 249 g/mol. The first-order valence-electron chi connectivity index (χ1n) is 3.24. The normalized spacial score (nSPS) is 12.5. The molecule has 0 aromatic rings. The van der Waals surface area contributed by atoms with Crippen molar-refractivity contribution < 1.29 is 0 Å². The summed E-state index contributed by atoms with van der Waals surface area (Å²) in [7, 11) is 0. The van der Waals surface area contributed by atoms with Crippen LogP contribution < -0.4 is 0 Å². The SMILES string of the molecule is C=C(I)/C=N\C(=C/C)CC. The average molecular weight is 249 g/mol. The Kier molecular flexibility index (Phi) is 5.58. The molecule has 0 radical (unpaired) electrons. The van der Waals surface area contributed by atoms with Crippen LogP contribution in [0.2, 0.25) is 0 Å². The van der Waals surface area contributed by atoms with E-state index in [0.29, 0.717) is 0 Å². The summed E-state index contributed by atoms with van der Waals surface area (Å²) >= 11 is 2.14. The molecule has 0 aliphatic heterocycles. The first-order chi connectivity index (χ1) is 4.70. The topological polar surface area (TPSA) is 12.4 Å². The Labute approximate surface area is 76.1 Å². The minimum Gasteiger partial charge on any atom is -0.261 e. The number of rotatable bonds is 3. The van der Waals surface area contributed by atoms with Gasteiger partial charge in [-0.2, -0.15) is 0 Å². The van der Waals surface area contributed by atoms with Crippen molar-refractivity contribution in [3.63, 3.8) is 0 Å².